The number of nitrogens with zero attached hydrogens (tertiary/aromatic N) is 2. The van der Waals surface area contributed by atoms with Gasteiger partial charge in [0.25, 0.3) is 5.01 Å². The Kier molecular flexibility index (Phi) is 5.88. The van der Waals surface area contributed by atoms with Gasteiger partial charge in [-0.3, -0.25) is 4.98 Å². The first-order valence-corrected chi connectivity index (χ1v) is 13.6. The van der Waals surface area contributed by atoms with Crippen LogP contribution in [0.3, 0.4) is 0 Å². The number of ether oxygens (including phenoxy) is 1. The molecular weight excluding hydrogens is 476 g/mol. The molecule has 0 amide bonds. The molecule has 0 unspecified atom stereocenters. The maximum absolute atomic E-state index is 11.2. The van der Waals surface area contributed by atoms with E-state index in [0.29, 0.717) is 6.54 Å². The van der Waals surface area contributed by atoms with Gasteiger partial charge in [-0.2, -0.15) is 4.57 Å². The molecule has 0 radical (unpaired) electrons. The average Bonchev–Trinajstić information content (AvgIpc) is 3.41. The molecule has 0 fully saturated rings. The van der Waals surface area contributed by atoms with E-state index in [4.69, 9.17) is 4.74 Å². The van der Waals surface area contributed by atoms with Crippen LogP contribution in [0.1, 0.15) is 17.0 Å². The van der Waals surface area contributed by atoms with E-state index >= 15 is 0 Å². The Morgan fingerprint density at radius 3 is 2.88 bits per heavy atom. The van der Waals surface area contributed by atoms with Crippen LogP contribution in [0.25, 0.3) is 43.4 Å². The fourth-order valence-electron chi connectivity index (χ4n) is 3.95. The molecule has 0 saturated carbocycles. The zero-order chi connectivity index (χ0) is 23.0. The second-order valence-corrected chi connectivity index (χ2v) is 11.1. The number of pyridine rings is 1. The lowest BCUT2D eigenvalue weighted by Gasteiger charge is -2.05. The predicted octanol–water partition coefficient (Wildman–Crippen LogP) is 5.07. The average molecular weight is 497 g/mol. The van der Waals surface area contributed by atoms with E-state index in [1.807, 2.05) is 53.9 Å². The van der Waals surface area contributed by atoms with Crippen molar-refractivity contribution in [2.75, 3.05) is 12.9 Å². The fourth-order valence-corrected chi connectivity index (χ4v) is 6.60. The van der Waals surface area contributed by atoms with E-state index in [1.54, 1.807) is 36.0 Å². The van der Waals surface area contributed by atoms with Crippen LogP contribution >= 0.6 is 22.7 Å². The highest BCUT2D eigenvalue weighted by Crippen LogP contribution is 2.38. The summed E-state index contributed by atoms with van der Waals surface area (Å²) in [5.74, 6) is 0.425. The van der Waals surface area contributed by atoms with Gasteiger partial charge in [-0.1, -0.05) is 23.5 Å². The Balaban J connectivity index is 1.61. The zero-order valence-electron chi connectivity index (χ0n) is 17.7. The van der Waals surface area contributed by atoms with Crippen molar-refractivity contribution in [1.82, 2.24) is 4.98 Å². The van der Waals surface area contributed by atoms with Gasteiger partial charge in [0.1, 0.15) is 15.1 Å². The molecule has 168 valence electrons. The molecule has 2 aromatic carbocycles. The molecule has 0 aliphatic carbocycles. The highest BCUT2D eigenvalue weighted by molar-refractivity contribution is 7.85. The number of thiophene rings is 1. The zero-order valence-corrected chi connectivity index (χ0v) is 20.2. The third kappa shape index (κ3) is 4.49. The Morgan fingerprint density at radius 1 is 1.18 bits per heavy atom. The van der Waals surface area contributed by atoms with Gasteiger partial charge < -0.3 is 9.29 Å². The molecule has 0 saturated heterocycles. The molecular formula is C24H20N2O4S3. The standard InChI is InChI=1S/C24H20N2O4S3/c1-30-20-15-21-23(24-18(20)9-12-31-24)26(11-3-13-33(27,28)29)22(32-21)8-6-16-5-7-19-17(14-16)4-2-10-25-19/h2,4-10,12,14-15H,3,11,13H2,1H3. The van der Waals surface area contributed by atoms with Gasteiger partial charge in [-0.05, 0) is 41.3 Å². The topological polar surface area (TPSA) is 83.2 Å². The number of rotatable bonds is 7. The third-order valence-corrected chi connectivity index (χ3v) is 8.24. The summed E-state index contributed by atoms with van der Waals surface area (Å²) in [6, 6.07) is 14.1. The summed E-state index contributed by atoms with van der Waals surface area (Å²) in [5.41, 5.74) is 3.02. The highest BCUT2D eigenvalue weighted by Gasteiger charge is 2.24. The summed E-state index contributed by atoms with van der Waals surface area (Å²) >= 11 is 3.24. The maximum Gasteiger partial charge on any atom is 0.262 e. The molecule has 0 aliphatic rings. The molecule has 5 rings (SSSR count). The molecule has 0 spiro atoms. The monoisotopic (exact) mass is 496 g/mol. The van der Waals surface area contributed by atoms with Crippen molar-refractivity contribution >= 4 is 76.1 Å². The van der Waals surface area contributed by atoms with E-state index < -0.39 is 10.1 Å². The van der Waals surface area contributed by atoms with Crippen LogP contribution in [-0.2, 0) is 16.7 Å². The minimum atomic E-state index is -4.26. The molecule has 0 N–H and O–H groups in total. The summed E-state index contributed by atoms with van der Waals surface area (Å²) in [4.78, 5) is 4.37. The normalized spacial score (nSPS) is 12.4. The van der Waals surface area contributed by atoms with Crippen molar-refractivity contribution in [1.29, 1.82) is 0 Å². The van der Waals surface area contributed by atoms with Crippen LogP contribution in [0, 0.1) is 0 Å². The summed E-state index contributed by atoms with van der Waals surface area (Å²) in [7, 11) is -2.60. The number of hydrogen-bond acceptors (Lipinski definition) is 7. The SMILES string of the molecule is COc1cc2sc(/C=C/c3ccc4ncccc4c3)[n+](CCCS(=O)(=O)[O-])c2c2sccc12. The van der Waals surface area contributed by atoms with Crippen LogP contribution in [0.4, 0.5) is 0 Å². The quantitative estimate of drug-likeness (QED) is 0.232. The Morgan fingerprint density at radius 2 is 2.06 bits per heavy atom. The molecule has 6 nitrogen and oxygen atoms in total. The Bertz CT molecular complexity index is 1620. The summed E-state index contributed by atoms with van der Waals surface area (Å²) in [5, 5.41) is 5.09. The van der Waals surface area contributed by atoms with Crippen molar-refractivity contribution in [3.05, 3.63) is 64.6 Å². The van der Waals surface area contributed by atoms with Crippen molar-refractivity contribution in [2.24, 2.45) is 0 Å². The first kappa shape index (κ1) is 22.0. The number of fused-ring (bicyclic) bond motifs is 4. The molecule has 33 heavy (non-hydrogen) atoms. The highest BCUT2D eigenvalue weighted by atomic mass is 32.2. The smallest absolute Gasteiger partial charge is 0.262 e. The van der Waals surface area contributed by atoms with Crippen molar-refractivity contribution < 1.29 is 22.3 Å². The molecule has 3 aromatic heterocycles. The van der Waals surface area contributed by atoms with Gasteiger partial charge in [0, 0.05) is 41.3 Å². The third-order valence-electron chi connectivity index (χ3n) is 5.43. The summed E-state index contributed by atoms with van der Waals surface area (Å²) in [6.07, 6.45) is 6.12. The number of aryl methyl sites for hydroxylation is 1. The van der Waals surface area contributed by atoms with Gasteiger partial charge in [0.05, 0.1) is 22.7 Å². The number of aromatic nitrogens is 2. The van der Waals surface area contributed by atoms with Crippen molar-refractivity contribution in [2.45, 2.75) is 13.0 Å². The van der Waals surface area contributed by atoms with E-state index in [-0.39, 0.29) is 12.2 Å². The van der Waals surface area contributed by atoms with Crippen LogP contribution in [0.5, 0.6) is 5.75 Å². The molecule has 9 heteroatoms. The Hall–Kier alpha value is -2.85. The minimum Gasteiger partial charge on any atom is -0.748 e. The van der Waals surface area contributed by atoms with Crippen molar-refractivity contribution in [3.8, 4) is 5.75 Å². The molecule has 5 aromatic rings. The number of thiazole rings is 1. The van der Waals surface area contributed by atoms with Crippen LogP contribution in [0.2, 0.25) is 0 Å². The van der Waals surface area contributed by atoms with E-state index in [1.165, 1.54) is 0 Å². The first-order valence-electron chi connectivity index (χ1n) is 10.3. The number of hydrogen-bond donors (Lipinski definition) is 0. The van der Waals surface area contributed by atoms with Gasteiger partial charge in [0.2, 0.25) is 5.52 Å². The van der Waals surface area contributed by atoms with Crippen LogP contribution in [-0.4, -0.2) is 30.8 Å². The van der Waals surface area contributed by atoms with E-state index in [0.717, 1.165) is 47.5 Å². The Labute approximate surface area is 199 Å². The van der Waals surface area contributed by atoms with E-state index in [2.05, 4.69) is 15.6 Å². The van der Waals surface area contributed by atoms with Crippen molar-refractivity contribution in [3.63, 3.8) is 0 Å². The summed E-state index contributed by atoms with van der Waals surface area (Å²) in [6.45, 7) is 0.433. The lowest BCUT2D eigenvalue weighted by Crippen LogP contribution is -2.36. The maximum atomic E-state index is 11.2. The second-order valence-electron chi connectivity index (χ2n) is 7.59. The van der Waals surface area contributed by atoms with Crippen LogP contribution in [0.15, 0.2) is 54.0 Å². The van der Waals surface area contributed by atoms with Gasteiger partial charge in [-0.15, -0.1) is 11.3 Å². The first-order chi connectivity index (χ1) is 15.9. The van der Waals surface area contributed by atoms with Crippen LogP contribution < -0.4 is 9.30 Å². The lowest BCUT2D eigenvalue weighted by molar-refractivity contribution is -0.667. The molecule has 0 aliphatic heterocycles. The number of methoxy groups -OCH3 is 1. The fraction of sp³-hybridized carbons (Fsp3) is 0.167. The predicted molar refractivity (Wildman–Crippen MR) is 134 cm³/mol. The molecule has 0 atom stereocenters. The minimum absolute atomic E-state index is 0.254. The van der Waals surface area contributed by atoms with Gasteiger partial charge >= 0.3 is 0 Å². The number of benzene rings is 2. The van der Waals surface area contributed by atoms with Gasteiger partial charge in [-0.25, -0.2) is 8.42 Å². The van der Waals surface area contributed by atoms with E-state index in [9.17, 15) is 13.0 Å². The van der Waals surface area contributed by atoms with Gasteiger partial charge in [0.15, 0.2) is 6.54 Å². The molecule has 0 bridgehead atoms. The summed E-state index contributed by atoms with van der Waals surface area (Å²) < 4.78 is 43.4. The lowest BCUT2D eigenvalue weighted by atomic mass is 10.1. The second kappa shape index (κ2) is 8.83. The molecule has 3 heterocycles. The largest absolute Gasteiger partial charge is 0.748 e.